The van der Waals surface area contributed by atoms with Gasteiger partial charge in [-0.25, -0.2) is 0 Å². The van der Waals surface area contributed by atoms with Crippen molar-refractivity contribution in [2.75, 3.05) is 0 Å². The predicted octanol–water partition coefficient (Wildman–Crippen LogP) is 3.10. The summed E-state index contributed by atoms with van der Waals surface area (Å²) in [5.41, 5.74) is 2.85. The molecule has 1 aliphatic carbocycles. The third-order valence-corrected chi connectivity index (χ3v) is 3.86. The monoisotopic (exact) mass is 245 g/mol. The first-order valence-electron chi connectivity index (χ1n) is 7.08. The fraction of sp³-hybridized carbons (Fsp3) is 0.562. The van der Waals surface area contributed by atoms with Crippen LogP contribution in [-0.2, 0) is 17.6 Å². The van der Waals surface area contributed by atoms with Crippen molar-refractivity contribution >= 4 is 5.91 Å². The molecule has 0 saturated heterocycles. The van der Waals surface area contributed by atoms with E-state index >= 15 is 0 Å². The molecule has 2 unspecified atom stereocenters. The molecular weight excluding hydrogens is 222 g/mol. The van der Waals surface area contributed by atoms with E-state index < -0.39 is 0 Å². The molecule has 0 radical (unpaired) electrons. The average molecular weight is 245 g/mol. The smallest absolute Gasteiger partial charge is 0.223 e. The Hall–Kier alpha value is -1.31. The van der Waals surface area contributed by atoms with Crippen LogP contribution < -0.4 is 5.32 Å². The quantitative estimate of drug-likeness (QED) is 0.867. The number of carbonyl (C=O) groups excluding carboxylic acids is 1. The van der Waals surface area contributed by atoms with E-state index in [1.807, 2.05) is 6.92 Å². The maximum Gasteiger partial charge on any atom is 0.223 e. The number of benzene rings is 1. The van der Waals surface area contributed by atoms with Gasteiger partial charge in [0.25, 0.3) is 0 Å². The lowest BCUT2D eigenvalue weighted by atomic mass is 9.88. The largest absolute Gasteiger partial charge is 0.353 e. The number of rotatable bonds is 4. The van der Waals surface area contributed by atoms with Crippen molar-refractivity contribution in [1.82, 2.24) is 5.32 Å². The van der Waals surface area contributed by atoms with E-state index in [4.69, 9.17) is 0 Å². The maximum absolute atomic E-state index is 12.0. The third-order valence-electron chi connectivity index (χ3n) is 3.86. The Morgan fingerprint density at radius 1 is 1.39 bits per heavy atom. The molecule has 0 aliphatic heterocycles. The normalized spacial score (nSPS) is 20.0. The van der Waals surface area contributed by atoms with E-state index in [-0.39, 0.29) is 11.8 Å². The lowest BCUT2D eigenvalue weighted by Gasteiger charge is -2.26. The van der Waals surface area contributed by atoms with Crippen LogP contribution in [0.1, 0.15) is 44.2 Å². The second kappa shape index (κ2) is 6.03. The third kappa shape index (κ3) is 3.12. The first-order valence-corrected chi connectivity index (χ1v) is 7.08. The second-order valence-electron chi connectivity index (χ2n) is 5.41. The van der Waals surface area contributed by atoms with E-state index in [0.717, 1.165) is 32.1 Å². The summed E-state index contributed by atoms with van der Waals surface area (Å²) < 4.78 is 0. The van der Waals surface area contributed by atoms with Crippen LogP contribution in [0.15, 0.2) is 24.3 Å². The van der Waals surface area contributed by atoms with Gasteiger partial charge in [0.05, 0.1) is 0 Å². The molecule has 2 atom stereocenters. The van der Waals surface area contributed by atoms with Gasteiger partial charge in [-0.2, -0.15) is 0 Å². The van der Waals surface area contributed by atoms with Gasteiger partial charge in [-0.1, -0.05) is 44.5 Å². The Morgan fingerprint density at radius 3 is 2.83 bits per heavy atom. The molecule has 0 aromatic heterocycles. The second-order valence-corrected chi connectivity index (χ2v) is 5.41. The summed E-state index contributed by atoms with van der Waals surface area (Å²) in [6.07, 6.45) is 5.20. The van der Waals surface area contributed by atoms with Crippen molar-refractivity contribution < 1.29 is 4.79 Å². The number of hydrogen-bond donors (Lipinski definition) is 1. The molecule has 0 saturated carbocycles. The van der Waals surface area contributed by atoms with Gasteiger partial charge in [0, 0.05) is 12.0 Å². The Labute approximate surface area is 110 Å². The van der Waals surface area contributed by atoms with Crippen LogP contribution >= 0.6 is 0 Å². The van der Waals surface area contributed by atoms with Crippen LogP contribution in [0.5, 0.6) is 0 Å². The van der Waals surface area contributed by atoms with Crippen molar-refractivity contribution in [2.45, 2.75) is 52.0 Å². The Kier molecular flexibility index (Phi) is 4.40. The van der Waals surface area contributed by atoms with E-state index in [1.165, 1.54) is 11.1 Å². The fourth-order valence-corrected chi connectivity index (χ4v) is 2.73. The summed E-state index contributed by atoms with van der Waals surface area (Å²) >= 11 is 0. The molecule has 2 nitrogen and oxygen atoms in total. The standard InChI is InChI=1S/C16H23NO/c1-3-6-12(2)16(18)17-15-10-9-13-7-4-5-8-14(13)11-15/h4-5,7-8,12,15H,3,6,9-11H2,1-2H3,(H,17,18). The van der Waals surface area contributed by atoms with Crippen molar-refractivity contribution in [1.29, 1.82) is 0 Å². The van der Waals surface area contributed by atoms with E-state index in [1.54, 1.807) is 0 Å². The number of aryl methyl sites for hydroxylation is 1. The first-order chi connectivity index (χ1) is 8.70. The number of carbonyl (C=O) groups is 1. The summed E-state index contributed by atoms with van der Waals surface area (Å²) in [4.78, 5) is 12.0. The summed E-state index contributed by atoms with van der Waals surface area (Å²) in [7, 11) is 0. The van der Waals surface area contributed by atoms with Gasteiger partial charge < -0.3 is 5.32 Å². The molecule has 0 heterocycles. The number of hydrogen-bond acceptors (Lipinski definition) is 1. The lowest BCUT2D eigenvalue weighted by molar-refractivity contribution is -0.125. The average Bonchev–Trinajstić information content (AvgIpc) is 2.39. The summed E-state index contributed by atoms with van der Waals surface area (Å²) in [5.74, 6) is 0.369. The van der Waals surface area contributed by atoms with Crippen LogP contribution in [-0.4, -0.2) is 11.9 Å². The summed E-state index contributed by atoms with van der Waals surface area (Å²) in [6, 6.07) is 8.90. The minimum atomic E-state index is 0.146. The highest BCUT2D eigenvalue weighted by Crippen LogP contribution is 2.21. The topological polar surface area (TPSA) is 29.1 Å². The van der Waals surface area contributed by atoms with Gasteiger partial charge in [-0.05, 0) is 36.8 Å². The highest BCUT2D eigenvalue weighted by atomic mass is 16.1. The molecule has 18 heavy (non-hydrogen) atoms. The Bertz CT molecular complexity index is 413. The highest BCUT2D eigenvalue weighted by molar-refractivity contribution is 5.78. The van der Waals surface area contributed by atoms with Gasteiger partial charge in [0.15, 0.2) is 0 Å². The van der Waals surface area contributed by atoms with Crippen LogP contribution in [0.2, 0.25) is 0 Å². The van der Waals surface area contributed by atoms with Crippen LogP contribution in [0.25, 0.3) is 0 Å². The minimum Gasteiger partial charge on any atom is -0.353 e. The molecule has 1 aliphatic rings. The molecule has 0 bridgehead atoms. The Balaban J connectivity index is 1.92. The van der Waals surface area contributed by atoms with Gasteiger partial charge in [0.1, 0.15) is 0 Å². The molecule has 0 spiro atoms. The molecule has 0 fully saturated rings. The predicted molar refractivity (Wildman–Crippen MR) is 74.5 cm³/mol. The summed E-state index contributed by atoms with van der Waals surface area (Å²) in [5, 5.41) is 3.21. The zero-order chi connectivity index (χ0) is 13.0. The zero-order valence-electron chi connectivity index (χ0n) is 11.4. The summed E-state index contributed by atoms with van der Waals surface area (Å²) in [6.45, 7) is 4.15. The number of nitrogens with one attached hydrogen (secondary N) is 1. The molecule has 2 heteroatoms. The van der Waals surface area contributed by atoms with Crippen LogP contribution in [0.3, 0.4) is 0 Å². The van der Waals surface area contributed by atoms with Crippen LogP contribution in [0, 0.1) is 5.92 Å². The van der Waals surface area contributed by atoms with Crippen LogP contribution in [0.4, 0.5) is 0 Å². The van der Waals surface area contributed by atoms with E-state index in [2.05, 4.69) is 36.5 Å². The first kappa shape index (κ1) is 13.1. The lowest BCUT2D eigenvalue weighted by Crippen LogP contribution is -2.41. The van der Waals surface area contributed by atoms with Gasteiger partial charge in [0.2, 0.25) is 5.91 Å². The molecule has 1 amide bonds. The van der Waals surface area contributed by atoms with Gasteiger partial charge >= 0.3 is 0 Å². The zero-order valence-corrected chi connectivity index (χ0v) is 11.4. The van der Waals surface area contributed by atoms with Crippen molar-refractivity contribution in [3.8, 4) is 0 Å². The van der Waals surface area contributed by atoms with Crippen molar-refractivity contribution in [3.63, 3.8) is 0 Å². The number of amides is 1. The van der Waals surface area contributed by atoms with Gasteiger partial charge in [-0.3, -0.25) is 4.79 Å². The molecule has 98 valence electrons. The molecule has 1 N–H and O–H groups in total. The molecule has 2 rings (SSSR count). The van der Waals surface area contributed by atoms with E-state index in [0.29, 0.717) is 6.04 Å². The molecule has 1 aromatic rings. The van der Waals surface area contributed by atoms with E-state index in [9.17, 15) is 4.79 Å². The number of fused-ring (bicyclic) bond motifs is 1. The fourth-order valence-electron chi connectivity index (χ4n) is 2.73. The molecular formula is C16H23NO. The Morgan fingerprint density at radius 2 is 2.11 bits per heavy atom. The maximum atomic E-state index is 12.0. The SMILES string of the molecule is CCCC(C)C(=O)NC1CCc2ccccc2C1. The van der Waals surface area contributed by atoms with Crippen molar-refractivity contribution in [3.05, 3.63) is 35.4 Å². The van der Waals surface area contributed by atoms with Gasteiger partial charge in [-0.15, -0.1) is 0 Å². The molecule has 1 aromatic carbocycles. The minimum absolute atomic E-state index is 0.146. The highest BCUT2D eigenvalue weighted by Gasteiger charge is 2.21. The van der Waals surface area contributed by atoms with Crippen molar-refractivity contribution in [2.24, 2.45) is 5.92 Å².